The molecular formula is C16H35NO. The standard InChI is InChI=1S/C16H35NO/c1-6-10-11-12-13-14-15(17-9-4)16(7-2,8-3)18-5/h15,17H,6-14H2,1-5H3. The highest BCUT2D eigenvalue weighted by atomic mass is 16.5. The third-order valence-electron chi connectivity index (χ3n) is 4.29. The van der Waals surface area contributed by atoms with Crippen LogP contribution in [0.4, 0.5) is 0 Å². The van der Waals surface area contributed by atoms with Crippen LogP contribution in [0.3, 0.4) is 0 Å². The molecule has 0 saturated carbocycles. The number of nitrogens with one attached hydrogen (secondary N) is 1. The lowest BCUT2D eigenvalue weighted by atomic mass is 9.85. The number of likely N-dealkylation sites (N-methyl/N-ethyl adjacent to an activating group) is 1. The fourth-order valence-electron chi connectivity index (χ4n) is 2.92. The van der Waals surface area contributed by atoms with Crippen LogP contribution >= 0.6 is 0 Å². The zero-order chi connectivity index (χ0) is 13.9. The third-order valence-corrected chi connectivity index (χ3v) is 4.29. The summed E-state index contributed by atoms with van der Waals surface area (Å²) in [6.07, 6.45) is 10.2. The van der Waals surface area contributed by atoms with Gasteiger partial charge in [0.1, 0.15) is 0 Å². The molecule has 110 valence electrons. The first-order valence-corrected chi connectivity index (χ1v) is 7.99. The van der Waals surface area contributed by atoms with Crippen molar-refractivity contribution in [1.82, 2.24) is 5.32 Å². The maximum Gasteiger partial charge on any atom is 0.0825 e. The summed E-state index contributed by atoms with van der Waals surface area (Å²) in [5.41, 5.74) is 0.0285. The molecule has 2 heteroatoms. The van der Waals surface area contributed by atoms with E-state index in [4.69, 9.17) is 4.74 Å². The quantitative estimate of drug-likeness (QED) is 0.519. The first kappa shape index (κ1) is 17.9. The lowest BCUT2D eigenvalue weighted by molar-refractivity contribution is -0.0495. The van der Waals surface area contributed by atoms with Crippen LogP contribution < -0.4 is 5.32 Å². The second-order valence-electron chi connectivity index (χ2n) is 5.29. The van der Waals surface area contributed by atoms with Crippen molar-refractivity contribution in [2.45, 2.75) is 90.7 Å². The summed E-state index contributed by atoms with van der Waals surface area (Å²) in [5.74, 6) is 0. The highest BCUT2D eigenvalue weighted by Crippen LogP contribution is 2.27. The molecule has 1 atom stereocenters. The predicted molar refractivity (Wildman–Crippen MR) is 81.2 cm³/mol. The van der Waals surface area contributed by atoms with Gasteiger partial charge >= 0.3 is 0 Å². The first-order chi connectivity index (χ1) is 8.70. The van der Waals surface area contributed by atoms with Gasteiger partial charge in [-0.3, -0.25) is 0 Å². The van der Waals surface area contributed by atoms with Crippen LogP contribution in [0.2, 0.25) is 0 Å². The van der Waals surface area contributed by atoms with Gasteiger partial charge in [-0.1, -0.05) is 59.8 Å². The van der Waals surface area contributed by atoms with E-state index in [2.05, 4.69) is 33.0 Å². The average Bonchev–Trinajstić information content (AvgIpc) is 2.41. The average molecular weight is 257 g/mol. The monoisotopic (exact) mass is 257 g/mol. The Kier molecular flexibility index (Phi) is 10.8. The van der Waals surface area contributed by atoms with Gasteiger partial charge < -0.3 is 10.1 Å². The Morgan fingerprint density at radius 1 is 0.944 bits per heavy atom. The molecule has 0 aliphatic heterocycles. The fraction of sp³-hybridized carbons (Fsp3) is 1.00. The van der Waals surface area contributed by atoms with Crippen molar-refractivity contribution in [2.75, 3.05) is 13.7 Å². The van der Waals surface area contributed by atoms with Gasteiger partial charge in [-0.2, -0.15) is 0 Å². The maximum absolute atomic E-state index is 5.87. The van der Waals surface area contributed by atoms with E-state index in [9.17, 15) is 0 Å². The largest absolute Gasteiger partial charge is 0.377 e. The van der Waals surface area contributed by atoms with E-state index in [0.717, 1.165) is 19.4 Å². The van der Waals surface area contributed by atoms with Crippen LogP contribution in [0.15, 0.2) is 0 Å². The van der Waals surface area contributed by atoms with E-state index < -0.39 is 0 Å². The molecule has 18 heavy (non-hydrogen) atoms. The Morgan fingerprint density at radius 2 is 1.56 bits per heavy atom. The zero-order valence-electron chi connectivity index (χ0n) is 13.3. The molecule has 0 rings (SSSR count). The Hall–Kier alpha value is -0.0800. The molecule has 0 aromatic rings. The Labute approximate surface area is 115 Å². The molecule has 0 amide bonds. The minimum Gasteiger partial charge on any atom is -0.377 e. The van der Waals surface area contributed by atoms with Crippen LogP contribution in [0.5, 0.6) is 0 Å². The number of rotatable bonds is 12. The summed E-state index contributed by atoms with van der Waals surface area (Å²) in [6.45, 7) is 9.98. The summed E-state index contributed by atoms with van der Waals surface area (Å²) in [5, 5.41) is 3.64. The molecule has 0 aliphatic carbocycles. The van der Waals surface area contributed by atoms with Crippen molar-refractivity contribution in [3.05, 3.63) is 0 Å². The zero-order valence-corrected chi connectivity index (χ0v) is 13.3. The molecule has 0 heterocycles. The molecule has 1 unspecified atom stereocenters. The van der Waals surface area contributed by atoms with Gasteiger partial charge in [0.25, 0.3) is 0 Å². The summed E-state index contributed by atoms with van der Waals surface area (Å²) in [4.78, 5) is 0. The summed E-state index contributed by atoms with van der Waals surface area (Å²) >= 11 is 0. The predicted octanol–water partition coefficient (Wildman–Crippen LogP) is 4.53. The number of ether oxygens (including phenoxy) is 1. The molecule has 0 fully saturated rings. The van der Waals surface area contributed by atoms with Crippen molar-refractivity contribution in [1.29, 1.82) is 0 Å². The Balaban J connectivity index is 4.26. The molecule has 0 spiro atoms. The topological polar surface area (TPSA) is 21.3 Å². The minimum absolute atomic E-state index is 0.0285. The van der Waals surface area contributed by atoms with Crippen LogP contribution in [0.1, 0.15) is 79.1 Å². The second-order valence-corrected chi connectivity index (χ2v) is 5.29. The smallest absolute Gasteiger partial charge is 0.0825 e. The Morgan fingerprint density at radius 3 is 2.00 bits per heavy atom. The third kappa shape index (κ3) is 5.71. The summed E-state index contributed by atoms with van der Waals surface area (Å²) in [7, 11) is 1.87. The molecule has 0 radical (unpaired) electrons. The minimum atomic E-state index is 0.0285. The van der Waals surface area contributed by atoms with Crippen molar-refractivity contribution in [3.63, 3.8) is 0 Å². The number of hydrogen-bond acceptors (Lipinski definition) is 2. The molecule has 1 N–H and O–H groups in total. The molecule has 0 saturated heterocycles. The lowest BCUT2D eigenvalue weighted by Gasteiger charge is -2.39. The van der Waals surface area contributed by atoms with E-state index in [1.54, 1.807) is 0 Å². The van der Waals surface area contributed by atoms with Gasteiger partial charge in [0.15, 0.2) is 0 Å². The Bertz CT molecular complexity index is 170. The van der Waals surface area contributed by atoms with Gasteiger partial charge in [-0.25, -0.2) is 0 Å². The van der Waals surface area contributed by atoms with Gasteiger partial charge in [0, 0.05) is 13.2 Å². The fourth-order valence-corrected chi connectivity index (χ4v) is 2.92. The van der Waals surface area contributed by atoms with E-state index in [1.165, 1.54) is 38.5 Å². The first-order valence-electron chi connectivity index (χ1n) is 7.99. The number of methoxy groups -OCH3 is 1. The van der Waals surface area contributed by atoms with Crippen LogP contribution in [-0.4, -0.2) is 25.3 Å². The molecule has 0 bridgehead atoms. The summed E-state index contributed by atoms with van der Waals surface area (Å²) in [6, 6.07) is 0.504. The second kappa shape index (κ2) is 10.8. The van der Waals surface area contributed by atoms with Gasteiger partial charge in [0.2, 0.25) is 0 Å². The maximum atomic E-state index is 5.87. The lowest BCUT2D eigenvalue weighted by Crippen LogP contribution is -2.51. The number of unbranched alkanes of at least 4 members (excludes halogenated alkanes) is 4. The van der Waals surface area contributed by atoms with Crippen molar-refractivity contribution in [3.8, 4) is 0 Å². The normalized spacial score (nSPS) is 13.8. The highest BCUT2D eigenvalue weighted by Gasteiger charge is 2.34. The van der Waals surface area contributed by atoms with Gasteiger partial charge in [-0.05, 0) is 25.8 Å². The van der Waals surface area contributed by atoms with E-state index >= 15 is 0 Å². The molecule has 0 aromatic carbocycles. The van der Waals surface area contributed by atoms with Crippen LogP contribution in [0, 0.1) is 0 Å². The molecule has 0 aromatic heterocycles. The highest BCUT2D eigenvalue weighted by molar-refractivity contribution is 4.91. The van der Waals surface area contributed by atoms with Gasteiger partial charge in [0.05, 0.1) is 5.60 Å². The van der Waals surface area contributed by atoms with Crippen molar-refractivity contribution >= 4 is 0 Å². The number of hydrogen-bond donors (Lipinski definition) is 1. The van der Waals surface area contributed by atoms with Crippen LogP contribution in [0.25, 0.3) is 0 Å². The molecule has 2 nitrogen and oxygen atoms in total. The van der Waals surface area contributed by atoms with E-state index in [1.807, 2.05) is 7.11 Å². The van der Waals surface area contributed by atoms with E-state index in [0.29, 0.717) is 6.04 Å². The molecule has 0 aliphatic rings. The van der Waals surface area contributed by atoms with E-state index in [-0.39, 0.29) is 5.60 Å². The van der Waals surface area contributed by atoms with Gasteiger partial charge in [-0.15, -0.1) is 0 Å². The SMILES string of the molecule is CCCCCCCC(NCC)C(CC)(CC)OC. The van der Waals surface area contributed by atoms with Crippen molar-refractivity contribution in [2.24, 2.45) is 0 Å². The summed E-state index contributed by atoms with van der Waals surface area (Å²) < 4.78 is 5.87. The van der Waals surface area contributed by atoms with Crippen molar-refractivity contribution < 1.29 is 4.74 Å². The van der Waals surface area contributed by atoms with Crippen LogP contribution in [-0.2, 0) is 4.74 Å². The molecular weight excluding hydrogens is 222 g/mol.